The molecule has 4 heteroatoms. The number of aryl methyl sites for hydroxylation is 2. The molecule has 2 nitrogen and oxygen atoms in total. The molecule has 0 spiro atoms. The molecule has 0 fully saturated rings. The lowest BCUT2D eigenvalue weighted by Gasteiger charge is -2.27. The highest BCUT2D eigenvalue weighted by atomic mass is 79.9. The molecular formula is C13H22BrClN2. The molecule has 1 unspecified atom stereocenters. The van der Waals surface area contributed by atoms with Crippen LogP contribution >= 0.6 is 27.5 Å². The van der Waals surface area contributed by atoms with Crippen molar-refractivity contribution in [2.24, 2.45) is 5.41 Å². The summed E-state index contributed by atoms with van der Waals surface area (Å²) in [5.74, 6) is 0.696. The minimum absolute atomic E-state index is 0.165. The summed E-state index contributed by atoms with van der Waals surface area (Å²) >= 11 is 9.80. The number of aromatic nitrogens is 2. The molecule has 1 rings (SSSR count). The Morgan fingerprint density at radius 3 is 2.53 bits per heavy atom. The lowest BCUT2D eigenvalue weighted by atomic mass is 9.83. The van der Waals surface area contributed by atoms with Gasteiger partial charge in [-0.1, -0.05) is 20.3 Å². The lowest BCUT2D eigenvalue weighted by Crippen LogP contribution is -2.23. The summed E-state index contributed by atoms with van der Waals surface area (Å²) < 4.78 is 3.23. The van der Waals surface area contributed by atoms with Gasteiger partial charge in [0.15, 0.2) is 0 Å². The van der Waals surface area contributed by atoms with E-state index in [0.717, 1.165) is 29.6 Å². The average Bonchev–Trinajstić information content (AvgIpc) is 2.57. The molecule has 0 amide bonds. The van der Waals surface area contributed by atoms with E-state index >= 15 is 0 Å². The van der Waals surface area contributed by atoms with Gasteiger partial charge in [0.25, 0.3) is 0 Å². The van der Waals surface area contributed by atoms with Gasteiger partial charge in [0, 0.05) is 12.4 Å². The van der Waals surface area contributed by atoms with Gasteiger partial charge in [0.05, 0.1) is 15.9 Å². The second-order valence-corrected chi connectivity index (χ2v) is 6.09. The predicted molar refractivity (Wildman–Crippen MR) is 77.8 cm³/mol. The number of hydrogen-bond donors (Lipinski definition) is 0. The Morgan fingerprint density at radius 2 is 2.06 bits per heavy atom. The van der Waals surface area contributed by atoms with E-state index in [1.165, 1.54) is 12.1 Å². The Balaban J connectivity index is 3.00. The van der Waals surface area contributed by atoms with Crippen molar-refractivity contribution in [2.45, 2.75) is 53.5 Å². The topological polar surface area (TPSA) is 17.8 Å². The third kappa shape index (κ3) is 3.47. The zero-order chi connectivity index (χ0) is 13.1. The molecule has 98 valence electrons. The largest absolute Gasteiger partial charge is 0.268 e. The van der Waals surface area contributed by atoms with E-state index in [-0.39, 0.29) is 5.41 Å². The van der Waals surface area contributed by atoms with Crippen molar-refractivity contribution in [1.29, 1.82) is 0 Å². The minimum Gasteiger partial charge on any atom is -0.268 e. The Morgan fingerprint density at radius 1 is 1.41 bits per heavy atom. The van der Waals surface area contributed by atoms with Gasteiger partial charge in [-0.25, -0.2) is 0 Å². The molecule has 0 aliphatic heterocycles. The van der Waals surface area contributed by atoms with Crippen LogP contribution in [0.4, 0.5) is 0 Å². The van der Waals surface area contributed by atoms with Crippen molar-refractivity contribution in [3.8, 4) is 0 Å². The van der Waals surface area contributed by atoms with Crippen molar-refractivity contribution in [2.75, 3.05) is 5.88 Å². The maximum Gasteiger partial charge on any atom is 0.0738 e. The standard InChI is InChI=1S/C13H22BrClN2/c1-5-7-13(4,9-15)8-11-12(14)10(3)16-17(11)6-2/h5-9H2,1-4H3. The van der Waals surface area contributed by atoms with E-state index in [0.29, 0.717) is 5.88 Å². The van der Waals surface area contributed by atoms with E-state index in [2.05, 4.69) is 46.5 Å². The summed E-state index contributed by atoms with van der Waals surface area (Å²) in [6.07, 6.45) is 3.30. The molecule has 0 aliphatic carbocycles. The van der Waals surface area contributed by atoms with Gasteiger partial charge < -0.3 is 0 Å². The molecule has 17 heavy (non-hydrogen) atoms. The highest BCUT2D eigenvalue weighted by molar-refractivity contribution is 9.10. The molecule has 0 N–H and O–H groups in total. The predicted octanol–water partition coefficient (Wildman–Crippen LogP) is 4.56. The van der Waals surface area contributed by atoms with Gasteiger partial charge in [0.2, 0.25) is 0 Å². The number of nitrogens with zero attached hydrogens (tertiary/aromatic N) is 2. The Hall–Kier alpha value is -0.0200. The molecule has 1 aromatic heterocycles. The summed E-state index contributed by atoms with van der Waals surface area (Å²) in [4.78, 5) is 0. The second-order valence-electron chi connectivity index (χ2n) is 5.03. The van der Waals surface area contributed by atoms with Crippen LogP contribution in [0.1, 0.15) is 45.0 Å². The first-order valence-electron chi connectivity index (χ1n) is 6.25. The van der Waals surface area contributed by atoms with Crippen LogP contribution < -0.4 is 0 Å². The van der Waals surface area contributed by atoms with Crippen molar-refractivity contribution in [3.63, 3.8) is 0 Å². The van der Waals surface area contributed by atoms with Crippen LogP contribution in [-0.4, -0.2) is 15.7 Å². The maximum atomic E-state index is 6.15. The molecular weight excluding hydrogens is 300 g/mol. The fraction of sp³-hybridized carbons (Fsp3) is 0.769. The Bertz CT molecular complexity index is 376. The van der Waals surface area contributed by atoms with Crippen LogP contribution in [-0.2, 0) is 13.0 Å². The van der Waals surface area contributed by atoms with Crippen LogP contribution in [0.15, 0.2) is 4.47 Å². The monoisotopic (exact) mass is 320 g/mol. The van der Waals surface area contributed by atoms with Gasteiger partial charge in [-0.2, -0.15) is 5.10 Å². The molecule has 0 radical (unpaired) electrons. The molecule has 1 heterocycles. The van der Waals surface area contributed by atoms with Crippen LogP contribution in [0, 0.1) is 12.3 Å². The quantitative estimate of drug-likeness (QED) is 0.702. The first-order chi connectivity index (χ1) is 7.97. The van der Waals surface area contributed by atoms with E-state index in [4.69, 9.17) is 11.6 Å². The highest BCUT2D eigenvalue weighted by Gasteiger charge is 2.26. The van der Waals surface area contributed by atoms with Gasteiger partial charge >= 0.3 is 0 Å². The molecule has 0 aliphatic rings. The van der Waals surface area contributed by atoms with Crippen molar-refractivity contribution in [3.05, 3.63) is 15.9 Å². The highest BCUT2D eigenvalue weighted by Crippen LogP contribution is 2.33. The molecule has 0 saturated carbocycles. The van der Waals surface area contributed by atoms with Gasteiger partial charge in [0.1, 0.15) is 0 Å². The number of halogens is 2. The normalized spacial score (nSPS) is 14.9. The smallest absolute Gasteiger partial charge is 0.0738 e. The molecule has 1 aromatic rings. The van der Waals surface area contributed by atoms with Gasteiger partial charge in [-0.15, -0.1) is 11.6 Å². The number of rotatable bonds is 6. The molecule has 0 aromatic carbocycles. The zero-order valence-corrected chi connectivity index (χ0v) is 13.5. The first kappa shape index (κ1) is 15.0. The number of alkyl halides is 1. The third-order valence-corrected chi connectivity index (χ3v) is 4.90. The van der Waals surface area contributed by atoms with E-state index in [1.54, 1.807) is 0 Å². The SMILES string of the molecule is CCCC(C)(CCl)Cc1c(Br)c(C)nn1CC. The van der Waals surface area contributed by atoms with Crippen LogP contribution in [0.2, 0.25) is 0 Å². The first-order valence-corrected chi connectivity index (χ1v) is 7.58. The Kier molecular flexibility index (Phi) is 5.52. The van der Waals surface area contributed by atoms with E-state index < -0.39 is 0 Å². The summed E-state index contributed by atoms with van der Waals surface area (Å²) in [6.45, 7) is 9.55. The number of hydrogen-bond acceptors (Lipinski definition) is 1. The van der Waals surface area contributed by atoms with E-state index in [1.807, 2.05) is 6.92 Å². The van der Waals surface area contributed by atoms with Crippen molar-refractivity contribution < 1.29 is 0 Å². The Labute approximate surface area is 118 Å². The minimum atomic E-state index is 0.165. The molecule has 0 bridgehead atoms. The summed E-state index contributed by atoms with van der Waals surface area (Å²) in [6, 6.07) is 0. The van der Waals surface area contributed by atoms with Crippen molar-refractivity contribution in [1.82, 2.24) is 9.78 Å². The molecule has 1 atom stereocenters. The third-order valence-electron chi connectivity index (χ3n) is 3.22. The maximum absolute atomic E-state index is 6.15. The van der Waals surface area contributed by atoms with E-state index in [9.17, 15) is 0 Å². The average molecular weight is 322 g/mol. The summed E-state index contributed by atoms with van der Waals surface area (Å²) in [7, 11) is 0. The fourth-order valence-corrected chi connectivity index (χ4v) is 2.90. The van der Waals surface area contributed by atoms with Crippen LogP contribution in [0.25, 0.3) is 0 Å². The second kappa shape index (κ2) is 6.24. The van der Waals surface area contributed by atoms with Crippen LogP contribution in [0.3, 0.4) is 0 Å². The molecule has 0 saturated heterocycles. The summed E-state index contributed by atoms with van der Waals surface area (Å²) in [5, 5.41) is 4.53. The fourth-order valence-electron chi connectivity index (χ4n) is 2.25. The van der Waals surface area contributed by atoms with Crippen molar-refractivity contribution >= 4 is 27.5 Å². The zero-order valence-electron chi connectivity index (χ0n) is 11.2. The lowest BCUT2D eigenvalue weighted by molar-refractivity contribution is 0.324. The van der Waals surface area contributed by atoms with Gasteiger partial charge in [-0.05, 0) is 48.0 Å². The summed E-state index contributed by atoms with van der Waals surface area (Å²) in [5.41, 5.74) is 2.51. The van der Waals surface area contributed by atoms with Crippen LogP contribution in [0.5, 0.6) is 0 Å². The van der Waals surface area contributed by atoms with Gasteiger partial charge in [-0.3, -0.25) is 4.68 Å².